The monoisotopic (exact) mass is 626 g/mol. The van der Waals surface area contributed by atoms with E-state index in [1.54, 1.807) is 0 Å². The zero-order valence-corrected chi connectivity index (χ0v) is 26.8. The molecule has 0 radical (unpaired) electrons. The first-order valence-electron chi connectivity index (χ1n) is 16.1. The van der Waals surface area contributed by atoms with Gasteiger partial charge in [-0.25, -0.2) is 0 Å². The van der Waals surface area contributed by atoms with Crippen molar-refractivity contribution in [1.82, 2.24) is 10.6 Å². The second-order valence-corrected chi connectivity index (χ2v) is 12.3. The number of nitrogens with one attached hydrogen (secondary N) is 2. The topological polar surface area (TPSA) is 114 Å². The van der Waals surface area contributed by atoms with Crippen LogP contribution in [0.3, 0.4) is 0 Å². The molecule has 3 aromatic rings. The Bertz CT molecular complexity index is 1410. The van der Waals surface area contributed by atoms with Crippen molar-refractivity contribution in [2.24, 2.45) is 17.8 Å². The summed E-state index contributed by atoms with van der Waals surface area (Å²) in [4.78, 5) is 39.5. The molecule has 0 unspecified atom stereocenters. The number of benzene rings is 3. The van der Waals surface area contributed by atoms with E-state index in [1.807, 2.05) is 111 Å². The van der Waals surface area contributed by atoms with Crippen molar-refractivity contribution >= 4 is 17.8 Å². The quantitative estimate of drug-likeness (QED) is 0.189. The lowest BCUT2D eigenvalue weighted by atomic mass is 9.93. The number of carbonyl (C=O) groups is 3. The summed E-state index contributed by atoms with van der Waals surface area (Å²) in [5.41, 5.74) is 3.08. The van der Waals surface area contributed by atoms with E-state index in [1.165, 1.54) is 0 Å². The molecule has 2 amide bonds. The third-order valence-corrected chi connectivity index (χ3v) is 8.25. The summed E-state index contributed by atoms with van der Waals surface area (Å²) < 4.78 is 11.6. The highest BCUT2D eigenvalue weighted by molar-refractivity contribution is 5.86. The Kier molecular flexibility index (Phi) is 13.4. The minimum absolute atomic E-state index is 0.0196. The molecule has 4 rings (SSSR count). The standard InChI is InChI=1S/C38H46N2O6/c1-27(2)35-26-46-38(44)32(21-28-11-5-3-6-12-28)16-10-9-15-31(37(43)40-35)23-36(42)39-33(24-41)22-29-17-19-34(20-18-29)45-25-30-13-7-4-8-14-30/h3-14,17-20,27,31-33,35,41H,15-16,21-26H2,1-2H3,(H,39,42)(H,40,43)/t31-,32+,33+,35-/m1/s1. The molecule has 8 nitrogen and oxygen atoms in total. The van der Waals surface area contributed by atoms with Crippen molar-refractivity contribution in [2.45, 2.75) is 64.6 Å². The largest absolute Gasteiger partial charge is 0.489 e. The summed E-state index contributed by atoms with van der Waals surface area (Å²) in [6.45, 7) is 4.22. The number of aliphatic hydroxyl groups excluding tert-OH is 1. The molecule has 8 heteroatoms. The van der Waals surface area contributed by atoms with Gasteiger partial charge in [-0.3, -0.25) is 14.4 Å². The van der Waals surface area contributed by atoms with Gasteiger partial charge in [-0.1, -0.05) is 98.8 Å². The minimum atomic E-state index is -0.611. The molecule has 1 aliphatic heterocycles. The van der Waals surface area contributed by atoms with Crippen LogP contribution in [-0.2, 0) is 38.6 Å². The van der Waals surface area contributed by atoms with Crippen molar-refractivity contribution in [1.29, 1.82) is 0 Å². The van der Waals surface area contributed by atoms with Crippen LogP contribution in [0, 0.1) is 17.8 Å². The van der Waals surface area contributed by atoms with Crippen LogP contribution in [0.2, 0.25) is 0 Å². The fourth-order valence-electron chi connectivity index (χ4n) is 5.38. The summed E-state index contributed by atoms with van der Waals surface area (Å²) in [7, 11) is 0. The number of hydrogen-bond acceptors (Lipinski definition) is 6. The third kappa shape index (κ3) is 11.2. The first-order chi connectivity index (χ1) is 22.3. The molecule has 0 aromatic heterocycles. The Labute approximate surface area is 272 Å². The Morgan fingerprint density at radius 3 is 2.15 bits per heavy atom. The summed E-state index contributed by atoms with van der Waals surface area (Å²) >= 11 is 0. The molecule has 244 valence electrons. The van der Waals surface area contributed by atoms with Crippen LogP contribution in [0.4, 0.5) is 0 Å². The van der Waals surface area contributed by atoms with Crippen molar-refractivity contribution in [2.75, 3.05) is 13.2 Å². The molecule has 0 fully saturated rings. The molecular weight excluding hydrogens is 580 g/mol. The van der Waals surface area contributed by atoms with Crippen LogP contribution in [0.5, 0.6) is 5.75 Å². The zero-order chi connectivity index (χ0) is 32.7. The van der Waals surface area contributed by atoms with Crippen LogP contribution < -0.4 is 15.4 Å². The highest BCUT2D eigenvalue weighted by atomic mass is 16.5. The number of rotatable bonds is 12. The van der Waals surface area contributed by atoms with E-state index in [0.29, 0.717) is 32.3 Å². The number of ether oxygens (including phenoxy) is 2. The smallest absolute Gasteiger partial charge is 0.309 e. The highest BCUT2D eigenvalue weighted by Crippen LogP contribution is 2.20. The van der Waals surface area contributed by atoms with Gasteiger partial charge >= 0.3 is 5.97 Å². The van der Waals surface area contributed by atoms with E-state index in [2.05, 4.69) is 10.6 Å². The number of carbonyl (C=O) groups excluding carboxylic acids is 3. The first-order valence-corrected chi connectivity index (χ1v) is 16.1. The molecule has 1 aliphatic rings. The Morgan fingerprint density at radius 1 is 0.891 bits per heavy atom. The predicted octanol–water partition coefficient (Wildman–Crippen LogP) is 5.18. The molecule has 4 atom stereocenters. The van der Waals surface area contributed by atoms with Crippen molar-refractivity contribution < 1.29 is 29.0 Å². The van der Waals surface area contributed by atoms with Crippen LogP contribution >= 0.6 is 0 Å². The van der Waals surface area contributed by atoms with E-state index in [-0.39, 0.29) is 55.3 Å². The van der Waals surface area contributed by atoms with Crippen molar-refractivity contribution in [3.63, 3.8) is 0 Å². The Balaban J connectivity index is 1.35. The summed E-state index contributed by atoms with van der Waals surface area (Å²) in [5.74, 6) is -1.06. The van der Waals surface area contributed by atoms with Gasteiger partial charge in [0.25, 0.3) is 0 Å². The number of hydrogen-bond donors (Lipinski definition) is 3. The van der Waals surface area contributed by atoms with Gasteiger partial charge < -0.3 is 25.2 Å². The van der Waals surface area contributed by atoms with Crippen molar-refractivity contribution in [3.8, 4) is 5.75 Å². The minimum Gasteiger partial charge on any atom is -0.489 e. The van der Waals surface area contributed by atoms with Crippen molar-refractivity contribution in [3.05, 3.63) is 114 Å². The summed E-state index contributed by atoms with van der Waals surface area (Å²) in [5, 5.41) is 16.0. The molecule has 3 N–H and O–H groups in total. The van der Waals surface area contributed by atoms with E-state index in [0.717, 1.165) is 22.4 Å². The lowest BCUT2D eigenvalue weighted by Gasteiger charge is -2.26. The van der Waals surface area contributed by atoms with Gasteiger partial charge in [0.2, 0.25) is 11.8 Å². The third-order valence-electron chi connectivity index (χ3n) is 8.25. The SMILES string of the molecule is CC(C)[C@H]1COC(=O)[C@H](Cc2ccccc2)CC=CC[C@H](CC(=O)N[C@H](CO)Cc2ccc(OCc3ccccc3)cc2)C(=O)N1. The van der Waals surface area contributed by atoms with Gasteiger partial charge in [-0.2, -0.15) is 0 Å². The number of allylic oxidation sites excluding steroid dienone is 2. The predicted molar refractivity (Wildman–Crippen MR) is 178 cm³/mol. The molecule has 0 saturated heterocycles. The normalized spacial score (nSPS) is 19.7. The number of aliphatic hydroxyl groups is 1. The number of cyclic esters (lactones) is 1. The van der Waals surface area contributed by atoms with E-state index >= 15 is 0 Å². The maximum atomic E-state index is 13.4. The molecule has 0 saturated carbocycles. The van der Waals surface area contributed by atoms with E-state index in [9.17, 15) is 19.5 Å². The van der Waals surface area contributed by atoms with Crippen LogP contribution in [0.25, 0.3) is 0 Å². The van der Waals surface area contributed by atoms with Crippen LogP contribution in [0.1, 0.15) is 49.8 Å². The molecule has 1 heterocycles. The lowest BCUT2D eigenvalue weighted by molar-refractivity contribution is -0.150. The second-order valence-electron chi connectivity index (χ2n) is 12.3. The zero-order valence-electron chi connectivity index (χ0n) is 26.8. The first kappa shape index (κ1) is 34.4. The maximum Gasteiger partial charge on any atom is 0.309 e. The molecule has 0 bridgehead atoms. The van der Waals surface area contributed by atoms with Gasteiger partial charge in [0, 0.05) is 6.42 Å². The molecule has 0 aliphatic carbocycles. The Hall–Kier alpha value is -4.43. The maximum absolute atomic E-state index is 13.4. The Morgan fingerprint density at radius 2 is 1.52 bits per heavy atom. The van der Waals surface area contributed by atoms with Crippen LogP contribution in [0.15, 0.2) is 97.1 Å². The average Bonchev–Trinajstić information content (AvgIpc) is 3.06. The number of amides is 2. The van der Waals surface area contributed by atoms with E-state index in [4.69, 9.17) is 9.47 Å². The second kappa shape index (κ2) is 17.9. The van der Waals surface area contributed by atoms with Gasteiger partial charge in [0.1, 0.15) is 19.0 Å². The number of esters is 1. The van der Waals surface area contributed by atoms with Gasteiger partial charge in [-0.15, -0.1) is 0 Å². The molecule has 3 aromatic carbocycles. The summed E-state index contributed by atoms with van der Waals surface area (Å²) in [6.07, 6.45) is 5.56. The van der Waals surface area contributed by atoms with Crippen LogP contribution in [-0.4, -0.2) is 48.2 Å². The summed E-state index contributed by atoms with van der Waals surface area (Å²) in [6, 6.07) is 26.5. The molecule has 0 spiro atoms. The fourth-order valence-corrected chi connectivity index (χ4v) is 5.38. The lowest BCUT2D eigenvalue weighted by Crippen LogP contribution is -2.47. The van der Waals surface area contributed by atoms with Gasteiger partial charge in [-0.05, 0) is 60.4 Å². The fraction of sp³-hybridized carbons (Fsp3) is 0.395. The average molecular weight is 627 g/mol. The van der Waals surface area contributed by atoms with Gasteiger partial charge in [0.15, 0.2) is 0 Å². The van der Waals surface area contributed by atoms with Gasteiger partial charge in [0.05, 0.1) is 30.5 Å². The molecular formula is C38H46N2O6. The molecule has 46 heavy (non-hydrogen) atoms. The highest BCUT2D eigenvalue weighted by Gasteiger charge is 2.28. The van der Waals surface area contributed by atoms with E-state index < -0.39 is 12.0 Å².